The number of likely N-dealkylation sites (N-methyl/N-ethyl adjacent to an activating group) is 1. The highest BCUT2D eigenvalue weighted by Crippen LogP contribution is 2.30. The van der Waals surface area contributed by atoms with Crippen molar-refractivity contribution in [2.45, 2.75) is 39.7 Å². The van der Waals surface area contributed by atoms with Crippen LogP contribution < -0.4 is 5.73 Å². The summed E-state index contributed by atoms with van der Waals surface area (Å²) in [7, 11) is 0. The molecule has 1 aliphatic carbocycles. The molecule has 1 saturated carbocycles. The molecule has 0 aliphatic heterocycles. The molecule has 0 saturated heterocycles. The van der Waals surface area contributed by atoms with Crippen LogP contribution in [0.5, 0.6) is 0 Å². The van der Waals surface area contributed by atoms with Gasteiger partial charge in [-0.2, -0.15) is 0 Å². The molecule has 0 aromatic rings. The van der Waals surface area contributed by atoms with Crippen molar-refractivity contribution in [1.29, 1.82) is 0 Å². The monoisotopic (exact) mass is 184 g/mol. The zero-order chi connectivity index (χ0) is 9.84. The minimum Gasteiger partial charge on any atom is -0.329 e. The van der Waals surface area contributed by atoms with Crippen molar-refractivity contribution >= 4 is 0 Å². The summed E-state index contributed by atoms with van der Waals surface area (Å²) in [5.74, 6) is 1.66. The molecule has 0 aromatic carbocycles. The summed E-state index contributed by atoms with van der Waals surface area (Å²) < 4.78 is 0. The van der Waals surface area contributed by atoms with Crippen molar-refractivity contribution in [2.75, 3.05) is 19.6 Å². The van der Waals surface area contributed by atoms with Crippen LogP contribution in [0.25, 0.3) is 0 Å². The molecule has 0 heterocycles. The molecule has 0 aromatic heterocycles. The maximum Gasteiger partial charge on any atom is 0.0241 e. The Balaban J connectivity index is 2.39. The smallest absolute Gasteiger partial charge is 0.0241 e. The highest BCUT2D eigenvalue weighted by atomic mass is 15.2. The minimum atomic E-state index is 0.589. The quantitative estimate of drug-likeness (QED) is 0.681. The van der Waals surface area contributed by atoms with Crippen LogP contribution in [0.4, 0.5) is 0 Å². The molecule has 2 nitrogen and oxygen atoms in total. The Bertz CT molecular complexity index is 141. The Labute approximate surface area is 82.5 Å². The predicted octanol–water partition coefficient (Wildman–Crippen LogP) is 1.70. The van der Waals surface area contributed by atoms with Gasteiger partial charge in [-0.15, -0.1) is 0 Å². The Morgan fingerprint density at radius 2 is 2.00 bits per heavy atom. The van der Waals surface area contributed by atoms with Gasteiger partial charge in [0.05, 0.1) is 0 Å². The second-order valence-corrected chi connectivity index (χ2v) is 4.58. The van der Waals surface area contributed by atoms with E-state index in [0.717, 1.165) is 19.0 Å². The van der Waals surface area contributed by atoms with E-state index in [1.807, 2.05) is 0 Å². The van der Waals surface area contributed by atoms with Crippen LogP contribution in [0.3, 0.4) is 0 Å². The number of hydrogen-bond donors (Lipinski definition) is 1. The summed E-state index contributed by atoms with van der Waals surface area (Å²) in [4.78, 5) is 2.56. The SMILES string of the molecule is CCN(CC1CC1)C(CN)C(C)C. The van der Waals surface area contributed by atoms with Gasteiger partial charge in [-0.25, -0.2) is 0 Å². The van der Waals surface area contributed by atoms with E-state index >= 15 is 0 Å². The third-order valence-electron chi connectivity index (χ3n) is 3.08. The average Bonchev–Trinajstić information content (AvgIpc) is 2.87. The lowest BCUT2D eigenvalue weighted by molar-refractivity contribution is 0.161. The zero-order valence-electron chi connectivity index (χ0n) is 9.29. The van der Waals surface area contributed by atoms with Crippen molar-refractivity contribution in [3.8, 4) is 0 Å². The standard InChI is InChI=1S/C11H24N2/c1-4-13(8-10-5-6-10)11(7-12)9(2)3/h9-11H,4-8,12H2,1-3H3. The highest BCUT2D eigenvalue weighted by Gasteiger charge is 2.27. The average molecular weight is 184 g/mol. The number of hydrogen-bond acceptors (Lipinski definition) is 2. The lowest BCUT2D eigenvalue weighted by atomic mass is 10.0. The van der Waals surface area contributed by atoms with Crippen molar-refractivity contribution < 1.29 is 0 Å². The van der Waals surface area contributed by atoms with E-state index in [0.29, 0.717) is 12.0 Å². The third kappa shape index (κ3) is 3.28. The molecule has 1 unspecified atom stereocenters. The molecular weight excluding hydrogens is 160 g/mol. The first-order valence-electron chi connectivity index (χ1n) is 5.63. The molecule has 1 atom stereocenters. The van der Waals surface area contributed by atoms with E-state index in [-0.39, 0.29) is 0 Å². The largest absolute Gasteiger partial charge is 0.329 e. The van der Waals surface area contributed by atoms with Gasteiger partial charge in [-0.05, 0) is 31.2 Å². The Hall–Kier alpha value is -0.0800. The van der Waals surface area contributed by atoms with Crippen molar-refractivity contribution in [1.82, 2.24) is 4.90 Å². The number of nitrogens with two attached hydrogens (primary N) is 1. The van der Waals surface area contributed by atoms with E-state index in [2.05, 4.69) is 25.7 Å². The van der Waals surface area contributed by atoms with Gasteiger partial charge in [0.25, 0.3) is 0 Å². The van der Waals surface area contributed by atoms with Crippen molar-refractivity contribution in [3.63, 3.8) is 0 Å². The van der Waals surface area contributed by atoms with Crippen molar-refractivity contribution in [2.24, 2.45) is 17.6 Å². The van der Waals surface area contributed by atoms with Crippen LogP contribution >= 0.6 is 0 Å². The first-order chi connectivity index (χ1) is 6.19. The van der Waals surface area contributed by atoms with E-state index < -0.39 is 0 Å². The van der Waals surface area contributed by atoms with Crippen LogP contribution in [0.1, 0.15) is 33.6 Å². The summed E-state index contributed by atoms with van der Waals surface area (Å²) in [6.45, 7) is 10.0. The summed E-state index contributed by atoms with van der Waals surface area (Å²) in [6, 6.07) is 0.589. The molecule has 78 valence electrons. The fraction of sp³-hybridized carbons (Fsp3) is 1.00. The zero-order valence-corrected chi connectivity index (χ0v) is 9.29. The predicted molar refractivity (Wildman–Crippen MR) is 57.7 cm³/mol. The normalized spacial score (nSPS) is 19.8. The maximum atomic E-state index is 5.80. The number of nitrogens with zero attached hydrogens (tertiary/aromatic N) is 1. The van der Waals surface area contributed by atoms with E-state index in [4.69, 9.17) is 5.73 Å². The summed E-state index contributed by atoms with van der Waals surface area (Å²) >= 11 is 0. The van der Waals surface area contributed by atoms with Gasteiger partial charge in [0.15, 0.2) is 0 Å². The molecule has 0 radical (unpaired) electrons. The third-order valence-corrected chi connectivity index (χ3v) is 3.08. The molecule has 13 heavy (non-hydrogen) atoms. The van der Waals surface area contributed by atoms with Crippen LogP contribution in [0.15, 0.2) is 0 Å². The van der Waals surface area contributed by atoms with E-state index in [1.54, 1.807) is 0 Å². The lowest BCUT2D eigenvalue weighted by Gasteiger charge is -2.32. The van der Waals surface area contributed by atoms with Gasteiger partial charge in [0, 0.05) is 19.1 Å². The molecule has 0 amide bonds. The first-order valence-corrected chi connectivity index (χ1v) is 5.63. The molecule has 1 aliphatic rings. The Kier molecular flexibility index (Phi) is 4.20. The van der Waals surface area contributed by atoms with Gasteiger partial charge >= 0.3 is 0 Å². The fourth-order valence-electron chi connectivity index (χ4n) is 1.97. The van der Waals surface area contributed by atoms with Gasteiger partial charge in [-0.3, -0.25) is 4.90 Å². The van der Waals surface area contributed by atoms with Gasteiger partial charge in [0.1, 0.15) is 0 Å². The van der Waals surface area contributed by atoms with Gasteiger partial charge in [0.2, 0.25) is 0 Å². The second kappa shape index (κ2) is 4.97. The first kappa shape index (κ1) is 11.0. The second-order valence-electron chi connectivity index (χ2n) is 4.58. The molecular formula is C11H24N2. The van der Waals surface area contributed by atoms with Crippen LogP contribution in [0.2, 0.25) is 0 Å². The van der Waals surface area contributed by atoms with E-state index in [1.165, 1.54) is 19.4 Å². The maximum absolute atomic E-state index is 5.80. The Morgan fingerprint density at radius 1 is 1.38 bits per heavy atom. The van der Waals surface area contributed by atoms with E-state index in [9.17, 15) is 0 Å². The Morgan fingerprint density at radius 3 is 2.31 bits per heavy atom. The minimum absolute atomic E-state index is 0.589. The fourth-order valence-corrected chi connectivity index (χ4v) is 1.97. The summed E-state index contributed by atoms with van der Waals surface area (Å²) in [5, 5.41) is 0. The molecule has 1 fully saturated rings. The lowest BCUT2D eigenvalue weighted by Crippen LogP contribution is -2.44. The van der Waals surface area contributed by atoms with Crippen LogP contribution in [-0.4, -0.2) is 30.6 Å². The molecule has 2 heteroatoms. The molecule has 2 N–H and O–H groups in total. The molecule has 1 rings (SSSR count). The molecule has 0 bridgehead atoms. The van der Waals surface area contributed by atoms with Gasteiger partial charge < -0.3 is 5.73 Å². The van der Waals surface area contributed by atoms with Gasteiger partial charge in [-0.1, -0.05) is 20.8 Å². The summed E-state index contributed by atoms with van der Waals surface area (Å²) in [6.07, 6.45) is 2.87. The highest BCUT2D eigenvalue weighted by molar-refractivity contribution is 4.82. The van der Waals surface area contributed by atoms with Crippen LogP contribution in [0, 0.1) is 11.8 Å². The molecule has 0 spiro atoms. The summed E-state index contributed by atoms with van der Waals surface area (Å²) in [5.41, 5.74) is 5.80. The number of rotatable bonds is 6. The van der Waals surface area contributed by atoms with Crippen molar-refractivity contribution in [3.05, 3.63) is 0 Å². The topological polar surface area (TPSA) is 29.3 Å². The van der Waals surface area contributed by atoms with Crippen LogP contribution in [-0.2, 0) is 0 Å².